The van der Waals surface area contributed by atoms with Crippen LogP contribution < -0.4 is 0 Å². The third-order valence-corrected chi connectivity index (χ3v) is 2.14. The Balaban J connectivity index is 2.83. The van der Waals surface area contributed by atoms with Gasteiger partial charge in [0.05, 0.1) is 4.47 Å². The summed E-state index contributed by atoms with van der Waals surface area (Å²) in [6, 6.07) is 1.65. The van der Waals surface area contributed by atoms with Gasteiger partial charge < -0.3 is 9.63 Å². The fourth-order valence-corrected chi connectivity index (χ4v) is 1.33. The minimum atomic E-state index is -1.15. The van der Waals surface area contributed by atoms with Gasteiger partial charge in [-0.1, -0.05) is 5.16 Å². The van der Waals surface area contributed by atoms with E-state index < -0.39 is 5.97 Å². The normalized spacial score (nSPS) is 10.5. The van der Waals surface area contributed by atoms with Gasteiger partial charge >= 0.3 is 5.97 Å². The van der Waals surface area contributed by atoms with E-state index in [-0.39, 0.29) is 11.2 Å². The van der Waals surface area contributed by atoms with E-state index >= 15 is 0 Å². The van der Waals surface area contributed by atoms with Gasteiger partial charge in [-0.15, -0.1) is 0 Å². The van der Waals surface area contributed by atoms with Crippen LogP contribution in [0, 0.1) is 0 Å². The molecule has 13 heavy (non-hydrogen) atoms. The highest BCUT2D eigenvalue weighted by atomic mass is 79.9. The summed E-state index contributed by atoms with van der Waals surface area (Å²) in [6.45, 7) is 0. The zero-order valence-electron chi connectivity index (χ0n) is 6.19. The molecule has 66 valence electrons. The van der Waals surface area contributed by atoms with Crippen LogP contribution in [0.25, 0.3) is 11.1 Å². The van der Waals surface area contributed by atoms with Crippen molar-refractivity contribution in [2.75, 3.05) is 0 Å². The lowest BCUT2D eigenvalue weighted by Gasteiger charge is -1.88. The molecule has 2 aromatic heterocycles. The van der Waals surface area contributed by atoms with Crippen LogP contribution in [0.5, 0.6) is 0 Å². The second-order valence-electron chi connectivity index (χ2n) is 2.31. The molecule has 0 fully saturated rings. The van der Waals surface area contributed by atoms with Crippen molar-refractivity contribution in [1.82, 2.24) is 10.1 Å². The molecular weight excluding hydrogens is 240 g/mol. The second kappa shape index (κ2) is 2.81. The van der Waals surface area contributed by atoms with Crippen LogP contribution in [-0.4, -0.2) is 21.2 Å². The van der Waals surface area contributed by atoms with Crippen molar-refractivity contribution in [3.63, 3.8) is 0 Å². The number of rotatable bonds is 1. The fraction of sp³-hybridized carbons (Fsp3) is 0. The number of hydrogen-bond donors (Lipinski definition) is 1. The van der Waals surface area contributed by atoms with Gasteiger partial charge in [-0.2, -0.15) is 0 Å². The molecule has 0 aliphatic heterocycles. The largest absolute Gasteiger partial charge is 0.476 e. The molecule has 0 aliphatic rings. The van der Waals surface area contributed by atoms with Gasteiger partial charge in [-0.05, 0) is 22.0 Å². The maximum absolute atomic E-state index is 10.6. The average Bonchev–Trinajstić information content (AvgIpc) is 2.48. The van der Waals surface area contributed by atoms with Crippen molar-refractivity contribution >= 4 is 33.0 Å². The SMILES string of the molecule is O=C(O)c1noc2c(Br)ccnc12. The minimum absolute atomic E-state index is 0.170. The lowest BCUT2D eigenvalue weighted by Crippen LogP contribution is -1.97. The molecule has 6 heteroatoms. The number of nitrogens with zero attached hydrogens (tertiary/aromatic N) is 2. The topological polar surface area (TPSA) is 76.2 Å². The van der Waals surface area contributed by atoms with Crippen LogP contribution in [-0.2, 0) is 0 Å². The van der Waals surface area contributed by atoms with E-state index in [1.54, 1.807) is 6.07 Å². The summed E-state index contributed by atoms with van der Waals surface area (Å²) in [6.07, 6.45) is 1.48. The Labute approximate surface area is 80.5 Å². The monoisotopic (exact) mass is 242 g/mol. The first-order chi connectivity index (χ1) is 6.20. The molecule has 2 rings (SSSR count). The number of halogens is 1. The smallest absolute Gasteiger partial charge is 0.360 e. The highest BCUT2D eigenvalue weighted by molar-refractivity contribution is 9.10. The molecule has 0 unspecified atom stereocenters. The van der Waals surface area contributed by atoms with Crippen LogP contribution in [0.4, 0.5) is 0 Å². The molecule has 0 saturated heterocycles. The summed E-state index contributed by atoms with van der Waals surface area (Å²) >= 11 is 3.19. The van der Waals surface area contributed by atoms with Gasteiger partial charge in [-0.3, -0.25) is 4.98 Å². The summed E-state index contributed by atoms with van der Waals surface area (Å²) in [5.41, 5.74) is 0.429. The van der Waals surface area contributed by atoms with Crippen molar-refractivity contribution in [1.29, 1.82) is 0 Å². The third kappa shape index (κ3) is 1.19. The van der Waals surface area contributed by atoms with Crippen LogP contribution in [0.2, 0.25) is 0 Å². The number of aromatic carboxylic acids is 1. The first-order valence-corrected chi connectivity index (χ1v) is 4.12. The van der Waals surface area contributed by atoms with Crippen LogP contribution in [0.15, 0.2) is 21.3 Å². The zero-order valence-corrected chi connectivity index (χ0v) is 7.78. The highest BCUT2D eigenvalue weighted by Crippen LogP contribution is 2.23. The van der Waals surface area contributed by atoms with Gasteiger partial charge in [0.2, 0.25) is 5.69 Å². The minimum Gasteiger partial charge on any atom is -0.476 e. The van der Waals surface area contributed by atoms with E-state index in [9.17, 15) is 4.79 Å². The van der Waals surface area contributed by atoms with E-state index in [0.717, 1.165) is 0 Å². The Morgan fingerprint density at radius 2 is 2.38 bits per heavy atom. The van der Waals surface area contributed by atoms with Crippen molar-refractivity contribution in [3.8, 4) is 0 Å². The molecule has 1 N–H and O–H groups in total. The number of carboxylic acid groups (broad SMARTS) is 1. The van der Waals surface area contributed by atoms with Gasteiger partial charge in [0, 0.05) is 6.20 Å². The van der Waals surface area contributed by atoms with Crippen LogP contribution in [0.3, 0.4) is 0 Å². The van der Waals surface area contributed by atoms with Gasteiger partial charge in [0.1, 0.15) is 5.52 Å². The Morgan fingerprint density at radius 3 is 3.08 bits per heavy atom. The molecule has 0 aliphatic carbocycles. The molecule has 5 nitrogen and oxygen atoms in total. The Morgan fingerprint density at radius 1 is 1.62 bits per heavy atom. The lowest BCUT2D eigenvalue weighted by atomic mass is 10.3. The van der Waals surface area contributed by atoms with E-state index in [1.807, 2.05) is 0 Å². The molecule has 0 amide bonds. The average molecular weight is 243 g/mol. The number of hydrogen-bond acceptors (Lipinski definition) is 4. The standard InChI is InChI=1S/C7H3BrN2O3/c8-3-1-2-9-4-5(7(11)12)10-13-6(3)4/h1-2H,(H,11,12). The summed E-state index contributed by atoms with van der Waals surface area (Å²) < 4.78 is 5.44. The Hall–Kier alpha value is -1.43. The van der Waals surface area contributed by atoms with Crippen molar-refractivity contribution in [2.24, 2.45) is 0 Å². The molecule has 0 saturated carbocycles. The summed E-state index contributed by atoms with van der Waals surface area (Å²) in [4.78, 5) is 14.5. The molecule has 2 aromatic rings. The molecule has 2 heterocycles. The quantitative estimate of drug-likeness (QED) is 0.824. The molecule has 0 spiro atoms. The summed E-state index contributed by atoms with van der Waals surface area (Å²) in [5.74, 6) is -1.15. The second-order valence-corrected chi connectivity index (χ2v) is 3.16. The van der Waals surface area contributed by atoms with Crippen molar-refractivity contribution in [2.45, 2.75) is 0 Å². The highest BCUT2D eigenvalue weighted by Gasteiger charge is 2.17. The first kappa shape index (κ1) is 8.18. The van der Waals surface area contributed by atoms with E-state index in [1.165, 1.54) is 6.20 Å². The van der Waals surface area contributed by atoms with Gasteiger partial charge in [0.15, 0.2) is 5.58 Å². The van der Waals surface area contributed by atoms with Crippen molar-refractivity contribution < 1.29 is 14.4 Å². The van der Waals surface area contributed by atoms with Crippen LogP contribution >= 0.6 is 15.9 Å². The molecule has 0 atom stereocenters. The molecular formula is C7H3BrN2O3. The van der Waals surface area contributed by atoms with Gasteiger partial charge in [0.25, 0.3) is 0 Å². The maximum atomic E-state index is 10.6. The molecule has 0 bridgehead atoms. The zero-order chi connectivity index (χ0) is 9.42. The summed E-state index contributed by atoms with van der Waals surface area (Å²) in [7, 11) is 0. The lowest BCUT2D eigenvalue weighted by molar-refractivity contribution is 0.0687. The van der Waals surface area contributed by atoms with Crippen LogP contribution in [0.1, 0.15) is 10.5 Å². The molecule has 0 radical (unpaired) electrons. The van der Waals surface area contributed by atoms with E-state index in [2.05, 4.69) is 26.1 Å². The predicted octanol–water partition coefficient (Wildman–Crippen LogP) is 1.68. The number of aromatic nitrogens is 2. The third-order valence-electron chi connectivity index (χ3n) is 1.51. The fourth-order valence-electron chi connectivity index (χ4n) is 0.955. The maximum Gasteiger partial charge on any atom is 0.360 e. The number of pyridine rings is 1. The predicted molar refractivity (Wildman–Crippen MR) is 46.5 cm³/mol. The van der Waals surface area contributed by atoms with E-state index in [4.69, 9.17) is 9.63 Å². The van der Waals surface area contributed by atoms with Gasteiger partial charge in [-0.25, -0.2) is 4.79 Å². The number of carboxylic acids is 1. The Bertz CT molecular complexity index is 480. The Kier molecular flexibility index (Phi) is 1.77. The van der Waals surface area contributed by atoms with E-state index in [0.29, 0.717) is 10.1 Å². The number of carbonyl (C=O) groups is 1. The first-order valence-electron chi connectivity index (χ1n) is 3.33. The van der Waals surface area contributed by atoms with Crippen molar-refractivity contribution in [3.05, 3.63) is 22.4 Å². The summed E-state index contributed by atoms with van der Waals surface area (Å²) in [5, 5.41) is 12.1. The number of fused-ring (bicyclic) bond motifs is 1. The molecule has 0 aromatic carbocycles.